The molecule has 77 valence electrons. The SMILES string of the molecule is C=CC/C(O)=C(\CC)c1ccccc1.[Sm+3]. The predicted octanol–water partition coefficient (Wildman–Crippen LogP) is 3.94. The van der Waals surface area contributed by atoms with E-state index in [2.05, 4.69) is 6.58 Å². The van der Waals surface area contributed by atoms with Crippen LogP contribution in [0, 0.1) is 40.4 Å². The summed E-state index contributed by atoms with van der Waals surface area (Å²) in [7, 11) is 0. The maximum Gasteiger partial charge on any atom is 3.00 e. The van der Waals surface area contributed by atoms with E-state index in [1.54, 1.807) is 6.08 Å². The summed E-state index contributed by atoms with van der Waals surface area (Å²) in [5.41, 5.74) is 2.10. The van der Waals surface area contributed by atoms with Crippen molar-refractivity contribution in [1.29, 1.82) is 0 Å². The van der Waals surface area contributed by atoms with Gasteiger partial charge in [-0.1, -0.05) is 43.3 Å². The van der Waals surface area contributed by atoms with Crippen LogP contribution in [0.4, 0.5) is 0 Å². The Kier molecular flexibility index (Phi) is 7.96. The van der Waals surface area contributed by atoms with E-state index in [-0.39, 0.29) is 40.4 Å². The maximum atomic E-state index is 9.77. The van der Waals surface area contributed by atoms with Crippen molar-refractivity contribution in [1.82, 2.24) is 0 Å². The smallest absolute Gasteiger partial charge is 0.512 e. The number of benzene rings is 1. The summed E-state index contributed by atoms with van der Waals surface area (Å²) in [6, 6.07) is 9.95. The van der Waals surface area contributed by atoms with Gasteiger partial charge in [0.2, 0.25) is 0 Å². The average Bonchev–Trinajstić information content (AvgIpc) is 2.21. The van der Waals surface area contributed by atoms with Crippen LogP contribution in [0.3, 0.4) is 0 Å². The maximum absolute atomic E-state index is 9.77. The van der Waals surface area contributed by atoms with Gasteiger partial charge in [-0.3, -0.25) is 0 Å². The van der Waals surface area contributed by atoms with Crippen molar-refractivity contribution >= 4 is 5.57 Å². The number of aliphatic hydroxyl groups excluding tert-OH is 1. The van der Waals surface area contributed by atoms with E-state index in [4.69, 9.17) is 0 Å². The molecule has 1 rings (SSSR count). The number of aliphatic hydroxyl groups is 1. The molecule has 1 radical (unpaired) electrons. The Morgan fingerprint density at radius 2 is 1.93 bits per heavy atom. The van der Waals surface area contributed by atoms with Gasteiger partial charge in [-0.2, -0.15) is 0 Å². The van der Waals surface area contributed by atoms with Crippen LogP contribution in [0.1, 0.15) is 25.3 Å². The van der Waals surface area contributed by atoms with Gasteiger partial charge < -0.3 is 5.11 Å². The molecule has 1 aromatic carbocycles. The van der Waals surface area contributed by atoms with Crippen molar-refractivity contribution in [3.05, 3.63) is 54.3 Å². The van der Waals surface area contributed by atoms with Crippen molar-refractivity contribution in [3.8, 4) is 0 Å². The van der Waals surface area contributed by atoms with Gasteiger partial charge in [-0.05, 0) is 17.6 Å². The fourth-order valence-corrected chi connectivity index (χ4v) is 1.47. The molecule has 1 nitrogen and oxygen atoms in total. The summed E-state index contributed by atoms with van der Waals surface area (Å²) in [4.78, 5) is 0. The van der Waals surface area contributed by atoms with Crippen molar-refractivity contribution in [2.45, 2.75) is 19.8 Å². The van der Waals surface area contributed by atoms with E-state index in [0.29, 0.717) is 12.2 Å². The van der Waals surface area contributed by atoms with Crippen LogP contribution in [0.25, 0.3) is 5.57 Å². The van der Waals surface area contributed by atoms with Crippen molar-refractivity contribution in [2.24, 2.45) is 0 Å². The zero-order chi connectivity index (χ0) is 10.4. The Morgan fingerprint density at radius 1 is 1.33 bits per heavy atom. The number of hydrogen-bond acceptors (Lipinski definition) is 1. The number of allylic oxidation sites excluding steroid dienone is 2. The van der Waals surface area contributed by atoms with E-state index in [1.165, 1.54) is 0 Å². The van der Waals surface area contributed by atoms with Crippen molar-refractivity contribution in [2.75, 3.05) is 0 Å². The molecule has 0 spiro atoms. The van der Waals surface area contributed by atoms with Crippen LogP contribution in [-0.4, -0.2) is 5.11 Å². The Labute approximate surface area is 124 Å². The first-order chi connectivity index (χ1) is 6.79. The largest absolute Gasteiger partial charge is 3.00 e. The molecule has 0 aromatic heterocycles. The minimum Gasteiger partial charge on any atom is -0.512 e. The Balaban J connectivity index is 0.00000196. The van der Waals surface area contributed by atoms with Gasteiger partial charge in [0, 0.05) is 6.42 Å². The zero-order valence-electron chi connectivity index (χ0n) is 8.94. The third kappa shape index (κ3) is 4.47. The fourth-order valence-electron chi connectivity index (χ4n) is 1.47. The summed E-state index contributed by atoms with van der Waals surface area (Å²) < 4.78 is 0. The molecular weight excluding hydrogens is 323 g/mol. The van der Waals surface area contributed by atoms with Gasteiger partial charge in [0.15, 0.2) is 0 Å². The van der Waals surface area contributed by atoms with Gasteiger partial charge in [0.05, 0.1) is 5.76 Å². The zero-order valence-corrected chi connectivity index (χ0v) is 11.6. The normalized spacial score (nSPS) is 11.3. The molecule has 0 aliphatic carbocycles. The molecule has 0 unspecified atom stereocenters. The standard InChI is InChI=1S/C13H16O.Sm/c1-3-8-13(14)12(4-2)11-9-6-5-7-10-11;/h3,5-7,9-10,14H,1,4,8H2,2H3;/q;+3/b13-12-;. The predicted molar refractivity (Wildman–Crippen MR) is 61.1 cm³/mol. The molecule has 0 saturated heterocycles. The van der Waals surface area contributed by atoms with Gasteiger partial charge in [0.25, 0.3) is 0 Å². The van der Waals surface area contributed by atoms with E-state index in [9.17, 15) is 5.11 Å². The fraction of sp³-hybridized carbons (Fsp3) is 0.231. The van der Waals surface area contributed by atoms with Crippen LogP contribution in [-0.2, 0) is 0 Å². The van der Waals surface area contributed by atoms with Crippen LogP contribution >= 0.6 is 0 Å². The molecule has 0 aliphatic heterocycles. The molecule has 0 amide bonds. The number of rotatable bonds is 4. The molecule has 0 heterocycles. The Bertz CT molecular complexity index is 328. The van der Waals surface area contributed by atoms with Gasteiger partial charge in [0.1, 0.15) is 0 Å². The van der Waals surface area contributed by atoms with E-state index in [0.717, 1.165) is 17.6 Å². The summed E-state index contributed by atoms with van der Waals surface area (Å²) in [6.45, 7) is 5.66. The van der Waals surface area contributed by atoms with Crippen molar-refractivity contribution < 1.29 is 45.5 Å². The molecule has 1 aromatic rings. The molecule has 0 bridgehead atoms. The Hall–Kier alpha value is -0.162. The third-order valence-electron chi connectivity index (χ3n) is 2.16. The monoisotopic (exact) mass is 340 g/mol. The van der Waals surface area contributed by atoms with E-state index in [1.807, 2.05) is 37.3 Å². The van der Waals surface area contributed by atoms with E-state index < -0.39 is 0 Å². The minimum absolute atomic E-state index is 0. The van der Waals surface area contributed by atoms with Crippen LogP contribution in [0.2, 0.25) is 0 Å². The quantitative estimate of drug-likeness (QED) is 0.651. The summed E-state index contributed by atoms with van der Waals surface area (Å²) in [5, 5.41) is 9.77. The number of hydrogen-bond donors (Lipinski definition) is 1. The Morgan fingerprint density at radius 3 is 2.40 bits per heavy atom. The summed E-state index contributed by atoms with van der Waals surface area (Å²) >= 11 is 0. The summed E-state index contributed by atoms with van der Waals surface area (Å²) in [6.07, 6.45) is 3.09. The first-order valence-corrected chi connectivity index (χ1v) is 4.87. The van der Waals surface area contributed by atoms with Crippen LogP contribution in [0.15, 0.2) is 48.7 Å². The molecule has 0 fully saturated rings. The molecular formula is C13H16OSm+3. The second-order valence-corrected chi connectivity index (χ2v) is 3.14. The van der Waals surface area contributed by atoms with Crippen molar-refractivity contribution in [3.63, 3.8) is 0 Å². The topological polar surface area (TPSA) is 20.2 Å². The first-order valence-electron chi connectivity index (χ1n) is 4.87. The molecule has 0 aliphatic rings. The van der Waals surface area contributed by atoms with Gasteiger partial charge >= 0.3 is 40.4 Å². The third-order valence-corrected chi connectivity index (χ3v) is 2.16. The minimum atomic E-state index is 0. The second kappa shape index (κ2) is 8.04. The average molecular weight is 339 g/mol. The van der Waals surface area contributed by atoms with Crippen LogP contribution < -0.4 is 0 Å². The van der Waals surface area contributed by atoms with E-state index >= 15 is 0 Å². The van der Waals surface area contributed by atoms with Gasteiger partial charge in [-0.15, -0.1) is 6.58 Å². The first kappa shape index (κ1) is 14.8. The molecule has 15 heavy (non-hydrogen) atoms. The molecule has 0 atom stereocenters. The molecule has 1 N–H and O–H groups in total. The molecule has 0 saturated carbocycles. The second-order valence-electron chi connectivity index (χ2n) is 3.14. The van der Waals surface area contributed by atoms with Gasteiger partial charge in [-0.25, -0.2) is 0 Å². The molecule has 2 heteroatoms. The summed E-state index contributed by atoms with van der Waals surface area (Å²) in [5.74, 6) is 0.425. The van der Waals surface area contributed by atoms with Crippen LogP contribution in [0.5, 0.6) is 0 Å².